The second-order valence-corrected chi connectivity index (χ2v) is 5.45. The number of amides is 1. The summed E-state index contributed by atoms with van der Waals surface area (Å²) < 4.78 is 7.05. The lowest BCUT2D eigenvalue weighted by Gasteiger charge is -2.11. The van der Waals surface area contributed by atoms with Crippen LogP contribution in [0.1, 0.15) is 18.5 Å². The van der Waals surface area contributed by atoms with Crippen molar-refractivity contribution in [3.8, 4) is 0 Å². The van der Waals surface area contributed by atoms with E-state index in [2.05, 4.69) is 31.1 Å². The Morgan fingerprint density at radius 2 is 2.12 bits per heavy atom. The van der Waals surface area contributed by atoms with Crippen molar-refractivity contribution in [2.75, 3.05) is 13.1 Å². The minimum absolute atomic E-state index is 0.104. The first-order chi connectivity index (χ1) is 12.8. The number of carbonyl (C=O) groups excluding carboxylic acids is 1. The van der Waals surface area contributed by atoms with Crippen LogP contribution in [0.25, 0.3) is 5.65 Å². The number of pyridine rings is 1. The molecule has 0 atom stereocenters. The molecule has 26 heavy (non-hydrogen) atoms. The Hall–Kier alpha value is -3.36. The number of aliphatic imine (C=N–C) groups is 1. The molecule has 0 spiro atoms. The molecule has 0 aliphatic carbocycles. The molecular weight excluding hydrogens is 334 g/mol. The number of nitrogens with one attached hydrogen (secondary N) is 3. The zero-order chi connectivity index (χ0) is 18.2. The van der Waals surface area contributed by atoms with Crippen LogP contribution in [0.4, 0.5) is 0 Å². The van der Waals surface area contributed by atoms with Gasteiger partial charge in [0.2, 0.25) is 5.91 Å². The van der Waals surface area contributed by atoms with Crippen molar-refractivity contribution >= 4 is 17.5 Å². The molecule has 1 amide bonds. The van der Waals surface area contributed by atoms with Crippen molar-refractivity contribution in [2.45, 2.75) is 20.0 Å². The molecule has 3 aromatic heterocycles. The summed E-state index contributed by atoms with van der Waals surface area (Å²) in [5.74, 6) is 1.81. The summed E-state index contributed by atoms with van der Waals surface area (Å²) in [6.45, 7) is 3.44. The van der Waals surface area contributed by atoms with Crippen LogP contribution in [0.2, 0.25) is 0 Å². The molecule has 0 fully saturated rings. The first kappa shape index (κ1) is 17.5. The number of rotatable bonds is 7. The van der Waals surface area contributed by atoms with Gasteiger partial charge in [-0.1, -0.05) is 6.07 Å². The van der Waals surface area contributed by atoms with Crippen LogP contribution in [0, 0.1) is 0 Å². The van der Waals surface area contributed by atoms with Crippen molar-refractivity contribution in [3.63, 3.8) is 0 Å². The van der Waals surface area contributed by atoms with Gasteiger partial charge in [0.15, 0.2) is 17.4 Å². The molecular formula is C17H21N7O2. The molecule has 3 rings (SSSR count). The maximum Gasteiger partial charge on any atom is 0.239 e. The Balaban J connectivity index is 1.54. The summed E-state index contributed by atoms with van der Waals surface area (Å²) >= 11 is 0. The largest absolute Gasteiger partial charge is 0.467 e. The van der Waals surface area contributed by atoms with Gasteiger partial charge in [0.25, 0.3) is 0 Å². The van der Waals surface area contributed by atoms with Gasteiger partial charge < -0.3 is 20.4 Å². The topological polar surface area (TPSA) is 109 Å². The fourth-order valence-corrected chi connectivity index (χ4v) is 2.32. The van der Waals surface area contributed by atoms with Crippen LogP contribution < -0.4 is 16.0 Å². The molecule has 3 aromatic rings. The lowest BCUT2D eigenvalue weighted by atomic mass is 10.4. The van der Waals surface area contributed by atoms with Crippen molar-refractivity contribution in [3.05, 3.63) is 54.4 Å². The fourth-order valence-electron chi connectivity index (χ4n) is 2.32. The molecule has 9 heteroatoms. The summed E-state index contributed by atoms with van der Waals surface area (Å²) in [5.41, 5.74) is 0.771. The number of furan rings is 1. The standard InChI is InChI=1S/C17H21N7O2/c1-2-18-17(21-12-16(25)19-10-13-6-5-9-26-13)20-11-15-23-22-14-7-3-4-8-24(14)15/h3-9H,2,10-12H2,1H3,(H,19,25)(H2,18,20,21). The number of aromatic nitrogens is 3. The van der Waals surface area contributed by atoms with Crippen molar-refractivity contribution in [1.82, 2.24) is 30.5 Å². The van der Waals surface area contributed by atoms with E-state index >= 15 is 0 Å². The van der Waals surface area contributed by atoms with Crippen LogP contribution >= 0.6 is 0 Å². The average Bonchev–Trinajstić information content (AvgIpc) is 3.32. The van der Waals surface area contributed by atoms with E-state index in [9.17, 15) is 4.79 Å². The van der Waals surface area contributed by atoms with Gasteiger partial charge in [0, 0.05) is 12.7 Å². The Labute approximate surface area is 150 Å². The highest BCUT2D eigenvalue weighted by Gasteiger charge is 2.07. The summed E-state index contributed by atoms with van der Waals surface area (Å²) in [6.07, 6.45) is 3.46. The highest BCUT2D eigenvalue weighted by atomic mass is 16.3. The van der Waals surface area contributed by atoms with Crippen LogP contribution in [-0.2, 0) is 17.9 Å². The summed E-state index contributed by atoms with van der Waals surface area (Å²) in [5, 5.41) is 17.1. The maximum atomic E-state index is 11.9. The number of hydrogen-bond donors (Lipinski definition) is 3. The maximum absolute atomic E-state index is 11.9. The van der Waals surface area contributed by atoms with Crippen molar-refractivity contribution < 1.29 is 9.21 Å². The molecule has 3 N–H and O–H groups in total. The second-order valence-electron chi connectivity index (χ2n) is 5.45. The van der Waals surface area contributed by atoms with E-state index in [-0.39, 0.29) is 12.5 Å². The van der Waals surface area contributed by atoms with Gasteiger partial charge in [-0.25, -0.2) is 4.99 Å². The summed E-state index contributed by atoms with van der Waals surface area (Å²) in [6, 6.07) is 9.29. The fraction of sp³-hybridized carbons (Fsp3) is 0.294. The highest BCUT2D eigenvalue weighted by molar-refractivity contribution is 5.86. The molecule has 0 bridgehead atoms. The minimum Gasteiger partial charge on any atom is -0.467 e. The summed E-state index contributed by atoms with van der Waals surface area (Å²) in [7, 11) is 0. The van der Waals surface area contributed by atoms with E-state index in [0.717, 1.165) is 11.5 Å². The molecule has 136 valence electrons. The number of fused-ring (bicyclic) bond motifs is 1. The van der Waals surface area contributed by atoms with E-state index in [1.165, 1.54) is 0 Å². The van der Waals surface area contributed by atoms with Gasteiger partial charge in [0.1, 0.15) is 12.3 Å². The predicted molar refractivity (Wildman–Crippen MR) is 96.4 cm³/mol. The molecule has 9 nitrogen and oxygen atoms in total. The smallest absolute Gasteiger partial charge is 0.239 e. The van der Waals surface area contributed by atoms with Gasteiger partial charge >= 0.3 is 0 Å². The Bertz CT molecular complexity index is 870. The molecule has 0 aliphatic rings. The van der Waals surface area contributed by atoms with Crippen LogP contribution in [0.3, 0.4) is 0 Å². The van der Waals surface area contributed by atoms with Gasteiger partial charge in [-0.15, -0.1) is 10.2 Å². The van der Waals surface area contributed by atoms with Crippen LogP contribution in [0.5, 0.6) is 0 Å². The number of nitrogens with zero attached hydrogens (tertiary/aromatic N) is 4. The van der Waals surface area contributed by atoms with E-state index in [1.54, 1.807) is 12.3 Å². The second kappa shape index (κ2) is 8.65. The monoisotopic (exact) mass is 355 g/mol. The molecule has 0 unspecified atom stereocenters. The third kappa shape index (κ3) is 4.59. The Kier molecular flexibility index (Phi) is 5.81. The average molecular weight is 355 g/mol. The molecule has 0 aromatic carbocycles. The molecule has 0 saturated heterocycles. The quantitative estimate of drug-likeness (QED) is 0.425. The normalized spacial score (nSPS) is 11.5. The number of guanidine groups is 1. The summed E-state index contributed by atoms with van der Waals surface area (Å²) in [4.78, 5) is 16.4. The molecule has 3 heterocycles. The third-order valence-corrected chi connectivity index (χ3v) is 3.56. The zero-order valence-corrected chi connectivity index (χ0v) is 14.5. The van der Waals surface area contributed by atoms with Crippen LogP contribution in [-0.4, -0.2) is 39.6 Å². The van der Waals surface area contributed by atoms with Gasteiger partial charge in [-0.2, -0.15) is 0 Å². The lowest BCUT2D eigenvalue weighted by molar-refractivity contribution is -0.120. The Morgan fingerprint density at radius 3 is 2.92 bits per heavy atom. The first-order valence-electron chi connectivity index (χ1n) is 8.36. The first-order valence-corrected chi connectivity index (χ1v) is 8.36. The van der Waals surface area contributed by atoms with Crippen LogP contribution in [0.15, 0.2) is 52.2 Å². The lowest BCUT2D eigenvalue weighted by Crippen LogP contribution is -2.43. The van der Waals surface area contributed by atoms with E-state index in [0.29, 0.717) is 31.4 Å². The number of carbonyl (C=O) groups is 1. The van der Waals surface area contributed by atoms with Crippen molar-refractivity contribution in [1.29, 1.82) is 0 Å². The van der Waals surface area contributed by atoms with Crippen molar-refractivity contribution in [2.24, 2.45) is 4.99 Å². The zero-order valence-electron chi connectivity index (χ0n) is 14.5. The van der Waals surface area contributed by atoms with Gasteiger partial charge in [-0.05, 0) is 31.2 Å². The number of hydrogen-bond acceptors (Lipinski definition) is 5. The molecule has 0 radical (unpaired) electrons. The Morgan fingerprint density at radius 1 is 1.19 bits per heavy atom. The highest BCUT2D eigenvalue weighted by Crippen LogP contribution is 2.03. The molecule has 0 aliphatic heterocycles. The van der Waals surface area contributed by atoms with E-state index in [1.807, 2.05) is 41.8 Å². The molecule has 0 saturated carbocycles. The third-order valence-electron chi connectivity index (χ3n) is 3.56. The predicted octanol–water partition coefficient (Wildman–Crippen LogP) is 0.694. The minimum atomic E-state index is -0.153. The SMILES string of the molecule is CCNC(=NCc1nnc2ccccn12)NCC(=O)NCc1ccco1. The van der Waals surface area contributed by atoms with E-state index < -0.39 is 0 Å². The van der Waals surface area contributed by atoms with E-state index in [4.69, 9.17) is 4.42 Å². The van der Waals surface area contributed by atoms with Gasteiger partial charge in [-0.3, -0.25) is 9.20 Å². The van der Waals surface area contributed by atoms with Gasteiger partial charge in [0.05, 0.1) is 19.4 Å².